The molecule has 3 heterocycles. The Morgan fingerprint density at radius 2 is 1.82 bits per heavy atom. The zero-order chi connectivity index (χ0) is 36.8. The first-order chi connectivity index (χ1) is 22.9. The molecule has 3 saturated heterocycles. The maximum absolute atomic E-state index is 14.1. The Hall–Kier alpha value is -2.52. The monoisotopic (exact) mass is 696 g/mol. The minimum atomic E-state index is -1.23. The molecule has 0 bridgehead atoms. The number of cyclic esters (lactones) is 1. The van der Waals surface area contributed by atoms with Crippen molar-refractivity contribution in [3.63, 3.8) is 0 Å². The Kier molecular flexibility index (Phi) is 14.3. The number of hydrogen-bond acceptors (Lipinski definition) is 12. The lowest BCUT2D eigenvalue weighted by atomic mass is 9.78. The lowest BCUT2D eigenvalue weighted by Crippen LogP contribution is -2.63. The summed E-state index contributed by atoms with van der Waals surface area (Å²) in [5.41, 5.74) is 6.33. The number of likely N-dealkylation sites (N-methyl/N-ethyl adjacent to an activating group) is 1. The molecule has 3 rings (SSSR count). The summed E-state index contributed by atoms with van der Waals surface area (Å²) in [6, 6.07) is -1.36. The Bertz CT molecular complexity index is 1200. The topological polar surface area (TPSA) is 185 Å². The van der Waals surface area contributed by atoms with Crippen LogP contribution in [0.5, 0.6) is 0 Å². The van der Waals surface area contributed by atoms with E-state index in [0.29, 0.717) is 45.2 Å². The molecular weight excluding hydrogens is 636 g/mol. The molecule has 0 radical (unpaired) electrons. The number of methoxy groups -OCH3 is 1. The highest BCUT2D eigenvalue weighted by molar-refractivity contribution is 6.00. The van der Waals surface area contributed by atoms with Gasteiger partial charge in [-0.05, 0) is 93.3 Å². The van der Waals surface area contributed by atoms with Crippen LogP contribution >= 0.6 is 0 Å². The van der Waals surface area contributed by atoms with Gasteiger partial charge in [-0.2, -0.15) is 0 Å². The Morgan fingerprint density at radius 1 is 1.14 bits per heavy atom. The zero-order valence-electron chi connectivity index (χ0n) is 31.2. The van der Waals surface area contributed by atoms with Crippen molar-refractivity contribution in [2.24, 2.45) is 17.0 Å². The van der Waals surface area contributed by atoms with Gasteiger partial charge in [-0.15, -0.1) is 0 Å². The smallest absolute Gasteiger partial charge is 0.410 e. The van der Waals surface area contributed by atoms with Crippen LogP contribution in [0.3, 0.4) is 0 Å². The Labute approximate surface area is 291 Å². The number of fused-ring (bicyclic) bond motifs is 1. The molecule has 3 fully saturated rings. The van der Waals surface area contributed by atoms with Gasteiger partial charge in [-0.1, -0.05) is 19.0 Å². The molecule has 3 aliphatic rings. The number of azide groups is 1. The summed E-state index contributed by atoms with van der Waals surface area (Å²) in [4.78, 5) is 47.8. The van der Waals surface area contributed by atoms with Gasteiger partial charge in [0.2, 0.25) is 0 Å². The third-order valence-electron chi connectivity index (χ3n) is 10.7. The van der Waals surface area contributed by atoms with Crippen LogP contribution in [-0.4, -0.2) is 133 Å². The number of carbonyl (C=O) groups is 3. The van der Waals surface area contributed by atoms with E-state index in [0.717, 1.165) is 0 Å². The number of carbonyl (C=O) groups excluding carboxylic acids is 3. The molecule has 15 heteroatoms. The van der Waals surface area contributed by atoms with Crippen LogP contribution in [0, 0.1) is 11.8 Å². The predicted molar refractivity (Wildman–Crippen MR) is 182 cm³/mol. The van der Waals surface area contributed by atoms with Gasteiger partial charge < -0.3 is 39.0 Å². The second-order valence-electron chi connectivity index (χ2n) is 14.8. The van der Waals surface area contributed by atoms with Gasteiger partial charge in [0.1, 0.15) is 18.1 Å². The highest BCUT2D eigenvalue weighted by atomic mass is 16.7. The first kappa shape index (κ1) is 40.9. The highest BCUT2D eigenvalue weighted by Gasteiger charge is 2.59. The van der Waals surface area contributed by atoms with Gasteiger partial charge in [0.25, 0.3) is 0 Å². The fourth-order valence-corrected chi connectivity index (χ4v) is 8.11. The quantitative estimate of drug-likeness (QED) is 0.0845. The van der Waals surface area contributed by atoms with E-state index in [4.69, 9.17) is 29.2 Å². The van der Waals surface area contributed by atoms with E-state index in [1.807, 2.05) is 53.6 Å². The van der Waals surface area contributed by atoms with Crippen LogP contribution in [0.1, 0.15) is 87.5 Å². The summed E-state index contributed by atoms with van der Waals surface area (Å²) in [5, 5.41) is 18.6. The van der Waals surface area contributed by atoms with E-state index in [1.165, 1.54) is 6.92 Å². The van der Waals surface area contributed by atoms with Crippen molar-refractivity contribution in [1.29, 1.82) is 0 Å². The van der Waals surface area contributed by atoms with Crippen LogP contribution in [0.2, 0.25) is 0 Å². The summed E-state index contributed by atoms with van der Waals surface area (Å²) < 4.78 is 31.0. The van der Waals surface area contributed by atoms with E-state index in [2.05, 4.69) is 15.3 Å². The number of aliphatic hydroxyl groups is 1. The maximum Gasteiger partial charge on any atom is 0.410 e. The average molecular weight is 697 g/mol. The van der Waals surface area contributed by atoms with Gasteiger partial charge >= 0.3 is 12.1 Å². The first-order valence-corrected chi connectivity index (χ1v) is 17.7. The van der Waals surface area contributed by atoms with E-state index in [1.54, 1.807) is 25.9 Å². The fourth-order valence-electron chi connectivity index (χ4n) is 8.11. The number of esters is 1. The standard InChI is InChI=1S/C34H60N6O9/c1-12-25-34(8)28(40(32(44)49-34)16-14-13-15-36-38-35)23(6)37-19(2)18-33(7,45-11)29(21(4)26(41)22(5)30(43)47-25)48-31-27(42)24(39(9)10)17-20(3)46-31/h19-25,27-29,31,37,42H,12-18H2,1-11H3/t19?,20-,21+,22-,23-,24?,25-,27?,28-,29-,31+,33-,34-/m1/s1. The van der Waals surface area contributed by atoms with Crippen molar-refractivity contribution >= 4 is 17.8 Å². The van der Waals surface area contributed by atoms with Crippen LogP contribution in [0.4, 0.5) is 4.79 Å². The van der Waals surface area contributed by atoms with Crippen molar-refractivity contribution < 1.29 is 43.2 Å². The van der Waals surface area contributed by atoms with Gasteiger partial charge in [0, 0.05) is 49.2 Å². The molecule has 0 spiro atoms. The van der Waals surface area contributed by atoms with Gasteiger partial charge in [-0.25, -0.2) is 4.79 Å². The number of rotatable bonds is 10. The summed E-state index contributed by atoms with van der Waals surface area (Å²) in [7, 11) is 5.33. The van der Waals surface area contributed by atoms with Gasteiger partial charge in [-0.3, -0.25) is 14.5 Å². The molecule has 3 unspecified atom stereocenters. The number of hydrogen-bond donors (Lipinski definition) is 2. The van der Waals surface area contributed by atoms with Crippen LogP contribution < -0.4 is 5.32 Å². The van der Waals surface area contributed by atoms with E-state index in [-0.39, 0.29) is 24.2 Å². The number of aliphatic hydroxyl groups excluding tert-OH is 1. The largest absolute Gasteiger partial charge is 0.458 e. The number of nitrogens with zero attached hydrogens (tertiary/aromatic N) is 5. The fraction of sp³-hybridized carbons (Fsp3) is 0.912. The number of nitrogens with one attached hydrogen (secondary N) is 1. The molecule has 0 saturated carbocycles. The van der Waals surface area contributed by atoms with Crippen molar-refractivity contribution in [1.82, 2.24) is 15.1 Å². The summed E-state index contributed by atoms with van der Waals surface area (Å²) in [5.74, 6) is -3.17. The normalized spacial score (nSPS) is 41.0. The predicted octanol–water partition coefficient (Wildman–Crippen LogP) is 3.81. The highest BCUT2D eigenvalue weighted by Crippen LogP contribution is 2.40. The molecule has 2 N–H and O–H groups in total. The third kappa shape index (κ3) is 9.05. The summed E-state index contributed by atoms with van der Waals surface area (Å²) in [6.07, 6.45) is -2.09. The molecule has 15 nitrogen and oxygen atoms in total. The molecule has 0 aromatic rings. The molecule has 0 aliphatic carbocycles. The number of Topliss-reactive ketones (excluding diaryl/α,β-unsaturated/α-hetero) is 1. The van der Waals surface area contributed by atoms with Crippen molar-refractivity contribution in [2.75, 3.05) is 34.3 Å². The first-order valence-electron chi connectivity index (χ1n) is 17.7. The van der Waals surface area contributed by atoms with Crippen molar-refractivity contribution in [3.8, 4) is 0 Å². The average Bonchev–Trinajstić information content (AvgIpc) is 3.30. The lowest BCUT2D eigenvalue weighted by Gasteiger charge is -2.47. The second kappa shape index (κ2) is 17.1. The zero-order valence-corrected chi connectivity index (χ0v) is 31.2. The molecule has 280 valence electrons. The number of amides is 1. The minimum absolute atomic E-state index is 0.215. The molecule has 1 amide bonds. The van der Waals surface area contributed by atoms with Crippen LogP contribution in [0.25, 0.3) is 10.4 Å². The summed E-state index contributed by atoms with van der Waals surface area (Å²) in [6.45, 7) is 15.2. The third-order valence-corrected chi connectivity index (χ3v) is 10.7. The second-order valence-corrected chi connectivity index (χ2v) is 14.8. The Balaban J connectivity index is 2.05. The maximum atomic E-state index is 14.1. The van der Waals surface area contributed by atoms with E-state index in [9.17, 15) is 19.5 Å². The number of ether oxygens (including phenoxy) is 5. The SMILES string of the molecule is CC[C@H]1OC(=O)[C@H](C)C(=O)[C@H](C)[C@@H](O[C@@H]2O[C@H](C)CC(N(C)C)C2O)[C@](C)(OC)CC(C)N[C@H](C)[C@H]2N(CCCCN=[N+]=[N-])C(=O)O[C@]12C. The van der Waals surface area contributed by atoms with Crippen molar-refractivity contribution in [2.45, 2.75) is 154 Å². The van der Waals surface area contributed by atoms with Gasteiger partial charge in [0.15, 0.2) is 17.7 Å². The number of ketones is 1. The van der Waals surface area contributed by atoms with Crippen LogP contribution in [0.15, 0.2) is 5.11 Å². The Morgan fingerprint density at radius 3 is 2.41 bits per heavy atom. The molecule has 13 atom stereocenters. The molecule has 0 aromatic carbocycles. The molecular formula is C34H60N6O9. The molecule has 0 aromatic heterocycles. The lowest BCUT2D eigenvalue weighted by molar-refractivity contribution is -0.295. The number of unbranched alkanes of at least 4 members (excludes halogenated alkanes) is 1. The van der Waals surface area contributed by atoms with E-state index >= 15 is 0 Å². The minimum Gasteiger partial charge on any atom is -0.458 e. The molecule has 49 heavy (non-hydrogen) atoms. The van der Waals surface area contributed by atoms with Crippen LogP contribution in [-0.2, 0) is 33.3 Å². The molecule has 3 aliphatic heterocycles. The van der Waals surface area contributed by atoms with Gasteiger partial charge in [0.05, 0.1) is 23.9 Å². The van der Waals surface area contributed by atoms with Crippen molar-refractivity contribution in [3.05, 3.63) is 10.4 Å². The van der Waals surface area contributed by atoms with E-state index < -0.39 is 71.5 Å². The summed E-state index contributed by atoms with van der Waals surface area (Å²) >= 11 is 0.